The maximum Gasteiger partial charge on any atom is 0.387 e. The van der Waals surface area contributed by atoms with E-state index in [9.17, 15) is 13.6 Å². The molecule has 0 unspecified atom stereocenters. The normalized spacial score (nSPS) is 10.8. The molecule has 3 aromatic rings. The summed E-state index contributed by atoms with van der Waals surface area (Å²) < 4.78 is 29.2. The first-order chi connectivity index (χ1) is 11.6. The van der Waals surface area contributed by atoms with Crippen LogP contribution in [0.3, 0.4) is 0 Å². The molecule has 24 heavy (non-hydrogen) atoms. The molecular formula is C16H13F2N3O2S. The Labute approximate surface area is 140 Å². The largest absolute Gasteiger partial charge is 0.434 e. The molecule has 0 saturated heterocycles. The second-order valence-corrected chi connectivity index (χ2v) is 5.76. The van der Waals surface area contributed by atoms with Crippen LogP contribution in [0.25, 0.3) is 10.6 Å². The van der Waals surface area contributed by atoms with E-state index in [-0.39, 0.29) is 18.0 Å². The smallest absolute Gasteiger partial charge is 0.387 e. The minimum Gasteiger partial charge on any atom is -0.434 e. The van der Waals surface area contributed by atoms with Crippen molar-refractivity contribution in [2.75, 3.05) is 0 Å². The zero-order valence-electron chi connectivity index (χ0n) is 12.3. The van der Waals surface area contributed by atoms with Crippen LogP contribution in [0, 0.1) is 0 Å². The van der Waals surface area contributed by atoms with Gasteiger partial charge in [-0.15, -0.1) is 11.3 Å². The van der Waals surface area contributed by atoms with Crippen molar-refractivity contribution < 1.29 is 18.3 Å². The van der Waals surface area contributed by atoms with Gasteiger partial charge in [0, 0.05) is 12.1 Å². The fraction of sp³-hybridized carbons (Fsp3) is 0.125. The van der Waals surface area contributed by atoms with Gasteiger partial charge in [-0.3, -0.25) is 9.89 Å². The van der Waals surface area contributed by atoms with Crippen LogP contribution < -0.4 is 10.1 Å². The molecule has 0 aliphatic heterocycles. The molecule has 0 saturated carbocycles. The van der Waals surface area contributed by atoms with Crippen molar-refractivity contribution in [3.05, 3.63) is 59.1 Å². The lowest BCUT2D eigenvalue weighted by atomic mass is 10.2. The predicted molar refractivity (Wildman–Crippen MR) is 86.1 cm³/mol. The number of aromatic amines is 1. The number of nitrogens with one attached hydrogen (secondary N) is 2. The van der Waals surface area contributed by atoms with Crippen molar-refractivity contribution in [1.29, 1.82) is 0 Å². The van der Waals surface area contributed by atoms with E-state index in [0.717, 1.165) is 10.6 Å². The van der Waals surface area contributed by atoms with Gasteiger partial charge in [0.25, 0.3) is 5.91 Å². The Kier molecular flexibility index (Phi) is 4.85. The number of hydrogen-bond donors (Lipinski definition) is 2. The number of carbonyl (C=O) groups excluding carboxylic acids is 1. The van der Waals surface area contributed by atoms with Crippen LogP contribution >= 0.6 is 11.3 Å². The summed E-state index contributed by atoms with van der Waals surface area (Å²) >= 11 is 1.53. The van der Waals surface area contributed by atoms with Gasteiger partial charge >= 0.3 is 6.61 Å². The average Bonchev–Trinajstić information content (AvgIpc) is 3.24. The molecule has 0 aliphatic carbocycles. The van der Waals surface area contributed by atoms with Gasteiger partial charge in [-0.25, -0.2) is 0 Å². The van der Waals surface area contributed by atoms with Crippen LogP contribution in [0.2, 0.25) is 0 Å². The van der Waals surface area contributed by atoms with E-state index in [4.69, 9.17) is 0 Å². The Balaban J connectivity index is 1.66. The summed E-state index contributed by atoms with van der Waals surface area (Å²) in [7, 11) is 0. The second kappa shape index (κ2) is 7.22. The molecule has 3 rings (SSSR count). The van der Waals surface area contributed by atoms with Crippen molar-refractivity contribution in [2.45, 2.75) is 13.2 Å². The topological polar surface area (TPSA) is 67.0 Å². The molecule has 0 bridgehead atoms. The summed E-state index contributed by atoms with van der Waals surface area (Å²) in [5, 5.41) is 11.3. The third-order valence-corrected chi connectivity index (χ3v) is 4.13. The lowest BCUT2D eigenvalue weighted by molar-refractivity contribution is -0.0504. The van der Waals surface area contributed by atoms with E-state index in [1.54, 1.807) is 24.3 Å². The molecule has 8 heteroatoms. The van der Waals surface area contributed by atoms with E-state index in [1.165, 1.54) is 17.4 Å². The maximum atomic E-state index is 12.4. The summed E-state index contributed by atoms with van der Waals surface area (Å²) in [6.45, 7) is -2.86. The molecule has 1 amide bonds. The lowest BCUT2D eigenvalue weighted by Gasteiger charge is -2.10. The van der Waals surface area contributed by atoms with Gasteiger partial charge in [-0.1, -0.05) is 24.3 Å². The number of carbonyl (C=O) groups is 1. The highest BCUT2D eigenvalue weighted by Crippen LogP contribution is 2.23. The average molecular weight is 349 g/mol. The molecule has 2 aromatic heterocycles. The summed E-state index contributed by atoms with van der Waals surface area (Å²) in [6.07, 6.45) is 0. The lowest BCUT2D eigenvalue weighted by Crippen LogP contribution is -2.23. The molecule has 5 nitrogen and oxygen atoms in total. The number of hydrogen-bond acceptors (Lipinski definition) is 4. The van der Waals surface area contributed by atoms with Crippen molar-refractivity contribution in [1.82, 2.24) is 15.5 Å². The molecule has 2 heterocycles. The number of nitrogens with zero attached hydrogens (tertiary/aromatic N) is 1. The number of rotatable bonds is 6. The SMILES string of the molecule is O=C(NCc1ccccc1OC(F)F)c1cc(-c2cccs2)[nH]n1. The number of H-pyrrole nitrogens is 1. The van der Waals surface area contributed by atoms with E-state index in [1.807, 2.05) is 17.5 Å². The minimum absolute atomic E-state index is 0.0362. The fourth-order valence-electron chi connectivity index (χ4n) is 2.12. The molecule has 0 aliphatic rings. The Morgan fingerprint density at radius 1 is 1.29 bits per heavy atom. The first kappa shape index (κ1) is 16.1. The molecule has 0 spiro atoms. The number of halogens is 2. The van der Waals surface area contributed by atoms with E-state index in [2.05, 4.69) is 20.3 Å². The number of thiophene rings is 1. The monoisotopic (exact) mass is 349 g/mol. The van der Waals surface area contributed by atoms with Gasteiger partial charge in [0.15, 0.2) is 5.69 Å². The first-order valence-corrected chi connectivity index (χ1v) is 7.91. The van der Waals surface area contributed by atoms with Gasteiger partial charge in [-0.2, -0.15) is 13.9 Å². The van der Waals surface area contributed by atoms with Crippen molar-refractivity contribution in [3.63, 3.8) is 0 Å². The highest BCUT2D eigenvalue weighted by atomic mass is 32.1. The molecular weight excluding hydrogens is 336 g/mol. The van der Waals surface area contributed by atoms with Crippen LogP contribution in [0.5, 0.6) is 5.75 Å². The second-order valence-electron chi connectivity index (χ2n) is 4.81. The summed E-state index contributed by atoms with van der Waals surface area (Å²) in [4.78, 5) is 13.1. The highest BCUT2D eigenvalue weighted by Gasteiger charge is 2.14. The summed E-state index contributed by atoms with van der Waals surface area (Å²) in [6, 6.07) is 11.8. The number of para-hydroxylation sites is 1. The molecule has 2 N–H and O–H groups in total. The molecule has 1 aromatic carbocycles. The van der Waals surface area contributed by atoms with Crippen LogP contribution in [0.4, 0.5) is 8.78 Å². The van der Waals surface area contributed by atoms with Crippen molar-refractivity contribution >= 4 is 17.2 Å². The van der Waals surface area contributed by atoms with Crippen LogP contribution in [-0.4, -0.2) is 22.7 Å². The van der Waals surface area contributed by atoms with E-state index >= 15 is 0 Å². The fourth-order valence-corrected chi connectivity index (χ4v) is 2.82. The first-order valence-electron chi connectivity index (χ1n) is 7.03. The zero-order chi connectivity index (χ0) is 16.9. The van der Waals surface area contributed by atoms with Gasteiger partial charge < -0.3 is 10.1 Å². The van der Waals surface area contributed by atoms with Gasteiger partial charge in [0.1, 0.15) is 5.75 Å². The van der Waals surface area contributed by atoms with Crippen molar-refractivity contribution in [2.24, 2.45) is 0 Å². The van der Waals surface area contributed by atoms with Crippen LogP contribution in [-0.2, 0) is 6.54 Å². The van der Waals surface area contributed by atoms with Crippen molar-refractivity contribution in [3.8, 4) is 16.3 Å². The Morgan fingerprint density at radius 3 is 2.88 bits per heavy atom. The minimum atomic E-state index is -2.92. The molecule has 0 fully saturated rings. The summed E-state index contributed by atoms with van der Waals surface area (Å²) in [5.41, 5.74) is 1.43. The predicted octanol–water partition coefficient (Wildman–Crippen LogP) is 3.67. The number of aromatic nitrogens is 2. The van der Waals surface area contributed by atoms with Gasteiger partial charge in [0.2, 0.25) is 0 Å². The third-order valence-electron chi connectivity index (χ3n) is 3.23. The summed E-state index contributed by atoms with van der Waals surface area (Å²) in [5.74, 6) is -0.366. The van der Waals surface area contributed by atoms with Crippen LogP contribution in [0.1, 0.15) is 16.1 Å². The Hall–Kier alpha value is -2.74. The molecule has 0 atom stereocenters. The van der Waals surface area contributed by atoms with Gasteiger partial charge in [0.05, 0.1) is 10.6 Å². The number of amides is 1. The molecule has 124 valence electrons. The zero-order valence-corrected chi connectivity index (χ0v) is 13.1. The third kappa shape index (κ3) is 3.77. The van der Waals surface area contributed by atoms with E-state index < -0.39 is 12.5 Å². The highest BCUT2D eigenvalue weighted by molar-refractivity contribution is 7.13. The van der Waals surface area contributed by atoms with E-state index in [0.29, 0.717) is 5.56 Å². The quantitative estimate of drug-likeness (QED) is 0.713. The number of alkyl halides is 2. The van der Waals surface area contributed by atoms with Crippen LogP contribution in [0.15, 0.2) is 47.8 Å². The number of ether oxygens (including phenoxy) is 1. The molecule has 0 radical (unpaired) electrons. The number of benzene rings is 1. The Bertz CT molecular complexity index is 818. The standard InChI is InChI=1S/C16H13F2N3O2S/c17-16(18)23-13-5-2-1-4-10(13)9-19-15(22)12-8-11(20-21-12)14-6-3-7-24-14/h1-8,16H,9H2,(H,19,22)(H,20,21). The Morgan fingerprint density at radius 2 is 2.12 bits per heavy atom. The maximum absolute atomic E-state index is 12.4. The van der Waals surface area contributed by atoms with Gasteiger partial charge in [-0.05, 0) is 23.6 Å².